The van der Waals surface area contributed by atoms with Gasteiger partial charge < -0.3 is 15.0 Å². The first kappa shape index (κ1) is 23.0. The smallest absolute Gasteiger partial charge is 0.261 e. The zero-order valence-corrected chi connectivity index (χ0v) is 18.4. The van der Waals surface area contributed by atoms with Gasteiger partial charge in [-0.3, -0.25) is 9.59 Å². The first-order valence-electron chi connectivity index (χ1n) is 9.52. The molecule has 0 saturated heterocycles. The summed E-state index contributed by atoms with van der Waals surface area (Å²) in [6.07, 6.45) is 0.815. The van der Waals surface area contributed by atoms with Gasteiger partial charge in [-0.05, 0) is 55.7 Å². The molecule has 0 bridgehead atoms. The number of aryl methyl sites for hydroxylation is 1. The summed E-state index contributed by atoms with van der Waals surface area (Å²) < 4.78 is 5.65. The monoisotopic (exact) mass is 436 g/mol. The van der Waals surface area contributed by atoms with Crippen LogP contribution in [-0.2, 0) is 16.1 Å². The van der Waals surface area contributed by atoms with Gasteiger partial charge in [0, 0.05) is 13.1 Å². The highest BCUT2D eigenvalue weighted by atomic mass is 35.5. The quantitative estimate of drug-likeness (QED) is 0.623. The van der Waals surface area contributed by atoms with Crippen LogP contribution in [0, 0.1) is 6.92 Å². The molecule has 0 spiro atoms. The normalized spacial score (nSPS) is 11.6. The van der Waals surface area contributed by atoms with E-state index in [9.17, 15) is 9.59 Å². The number of amides is 2. The minimum atomic E-state index is -0.662. The molecule has 1 N–H and O–H groups in total. The van der Waals surface area contributed by atoms with Crippen LogP contribution >= 0.6 is 23.2 Å². The van der Waals surface area contributed by atoms with Crippen molar-refractivity contribution in [1.82, 2.24) is 10.2 Å². The van der Waals surface area contributed by atoms with Crippen molar-refractivity contribution < 1.29 is 14.3 Å². The van der Waals surface area contributed by atoms with Gasteiger partial charge in [-0.1, -0.05) is 48.3 Å². The minimum absolute atomic E-state index is 0.170. The number of ether oxygens (including phenoxy) is 1. The molecule has 0 radical (unpaired) electrons. The van der Waals surface area contributed by atoms with E-state index >= 15 is 0 Å². The van der Waals surface area contributed by atoms with E-state index in [0.717, 1.165) is 17.5 Å². The average molecular weight is 437 g/mol. The molecule has 0 aliphatic heterocycles. The number of nitrogens with one attached hydrogen (secondary N) is 1. The topological polar surface area (TPSA) is 58.6 Å². The third-order valence-corrected chi connectivity index (χ3v) is 5.14. The maximum absolute atomic E-state index is 12.9. The number of hydrogen-bond acceptors (Lipinski definition) is 3. The van der Waals surface area contributed by atoms with Crippen LogP contribution in [0.5, 0.6) is 5.75 Å². The third-order valence-electron chi connectivity index (χ3n) is 4.41. The largest absolute Gasteiger partial charge is 0.484 e. The zero-order chi connectivity index (χ0) is 21.4. The number of halogens is 2. The van der Waals surface area contributed by atoms with Crippen LogP contribution in [-0.4, -0.2) is 35.9 Å². The van der Waals surface area contributed by atoms with Gasteiger partial charge in [-0.2, -0.15) is 0 Å². The van der Waals surface area contributed by atoms with Crippen LogP contribution < -0.4 is 10.1 Å². The Hall–Kier alpha value is -2.24. The van der Waals surface area contributed by atoms with Crippen LogP contribution in [0.2, 0.25) is 10.0 Å². The van der Waals surface area contributed by atoms with Crippen molar-refractivity contribution in [1.29, 1.82) is 0 Å². The van der Waals surface area contributed by atoms with Crippen molar-refractivity contribution >= 4 is 35.0 Å². The molecule has 2 aromatic rings. The highest BCUT2D eigenvalue weighted by Gasteiger charge is 2.26. The lowest BCUT2D eigenvalue weighted by molar-refractivity contribution is -0.142. The molecule has 1 atom stereocenters. The first-order valence-corrected chi connectivity index (χ1v) is 10.3. The van der Waals surface area contributed by atoms with E-state index in [1.54, 1.807) is 31.2 Å². The van der Waals surface area contributed by atoms with Gasteiger partial charge in [-0.15, -0.1) is 0 Å². The highest BCUT2D eigenvalue weighted by molar-refractivity contribution is 6.42. The summed E-state index contributed by atoms with van der Waals surface area (Å²) >= 11 is 12.1. The Morgan fingerprint density at radius 2 is 1.90 bits per heavy atom. The van der Waals surface area contributed by atoms with E-state index in [-0.39, 0.29) is 25.0 Å². The Kier molecular flexibility index (Phi) is 8.80. The maximum Gasteiger partial charge on any atom is 0.261 e. The summed E-state index contributed by atoms with van der Waals surface area (Å²) in [5.74, 6) is 0.100. The number of benzene rings is 2. The molecular formula is C22H26Cl2N2O3. The molecule has 0 saturated carbocycles. The van der Waals surface area contributed by atoms with Gasteiger partial charge in [0.1, 0.15) is 11.8 Å². The Balaban J connectivity index is 2.16. The van der Waals surface area contributed by atoms with Crippen molar-refractivity contribution in [2.45, 2.75) is 39.8 Å². The molecule has 7 heteroatoms. The van der Waals surface area contributed by atoms with Crippen molar-refractivity contribution in [2.24, 2.45) is 0 Å². The maximum atomic E-state index is 12.9. The Morgan fingerprint density at radius 1 is 1.14 bits per heavy atom. The molecule has 5 nitrogen and oxygen atoms in total. The summed E-state index contributed by atoms with van der Waals surface area (Å²) in [6.45, 7) is 6.22. The molecule has 0 heterocycles. The van der Waals surface area contributed by atoms with Crippen LogP contribution in [0.25, 0.3) is 0 Å². The number of carbonyl (C=O) groups is 2. The summed E-state index contributed by atoms with van der Waals surface area (Å²) in [5.41, 5.74) is 1.81. The molecule has 1 unspecified atom stereocenters. The van der Waals surface area contributed by atoms with Crippen molar-refractivity contribution in [3.8, 4) is 5.75 Å². The molecule has 0 aromatic heterocycles. The van der Waals surface area contributed by atoms with E-state index in [1.807, 2.05) is 32.0 Å². The van der Waals surface area contributed by atoms with E-state index in [4.69, 9.17) is 27.9 Å². The molecule has 0 aliphatic rings. The summed E-state index contributed by atoms with van der Waals surface area (Å²) in [4.78, 5) is 26.9. The highest BCUT2D eigenvalue weighted by Crippen LogP contribution is 2.24. The number of hydrogen-bond donors (Lipinski definition) is 1. The second kappa shape index (κ2) is 11.1. The van der Waals surface area contributed by atoms with E-state index in [1.165, 1.54) is 4.90 Å². The van der Waals surface area contributed by atoms with Crippen molar-refractivity contribution in [3.63, 3.8) is 0 Å². The van der Waals surface area contributed by atoms with Gasteiger partial charge in [0.05, 0.1) is 10.0 Å². The summed E-state index contributed by atoms with van der Waals surface area (Å²) in [5, 5.41) is 3.67. The SMILES string of the molecule is CCCNC(=O)C(C)N(Cc1ccc(Cl)c(Cl)c1)C(=O)COc1cccc(C)c1. The van der Waals surface area contributed by atoms with Crippen LogP contribution in [0.1, 0.15) is 31.4 Å². The lowest BCUT2D eigenvalue weighted by Gasteiger charge is -2.29. The van der Waals surface area contributed by atoms with Gasteiger partial charge in [-0.25, -0.2) is 0 Å². The van der Waals surface area contributed by atoms with Gasteiger partial charge in [0.15, 0.2) is 6.61 Å². The molecule has 0 aliphatic carbocycles. The zero-order valence-electron chi connectivity index (χ0n) is 16.9. The lowest BCUT2D eigenvalue weighted by atomic mass is 10.1. The molecule has 156 valence electrons. The fourth-order valence-corrected chi connectivity index (χ4v) is 3.07. The second-order valence-corrected chi connectivity index (χ2v) is 7.66. The van der Waals surface area contributed by atoms with Crippen LogP contribution in [0.4, 0.5) is 0 Å². The van der Waals surface area contributed by atoms with E-state index in [0.29, 0.717) is 22.3 Å². The third kappa shape index (κ3) is 6.94. The Labute approximate surface area is 181 Å². The number of carbonyl (C=O) groups excluding carboxylic acids is 2. The van der Waals surface area contributed by atoms with Gasteiger partial charge in [0.25, 0.3) is 5.91 Å². The van der Waals surface area contributed by atoms with Gasteiger partial charge >= 0.3 is 0 Å². The Bertz CT molecular complexity index is 858. The van der Waals surface area contributed by atoms with Crippen molar-refractivity contribution in [3.05, 3.63) is 63.6 Å². The van der Waals surface area contributed by atoms with Crippen molar-refractivity contribution in [2.75, 3.05) is 13.2 Å². The van der Waals surface area contributed by atoms with Gasteiger partial charge in [0.2, 0.25) is 5.91 Å². The Morgan fingerprint density at radius 3 is 2.55 bits per heavy atom. The lowest BCUT2D eigenvalue weighted by Crippen LogP contribution is -2.49. The minimum Gasteiger partial charge on any atom is -0.484 e. The van der Waals surface area contributed by atoms with E-state index < -0.39 is 6.04 Å². The molecular weight excluding hydrogens is 411 g/mol. The predicted octanol–water partition coefficient (Wildman–Crippen LogP) is 4.62. The summed E-state index contributed by atoms with van der Waals surface area (Å²) in [6, 6.07) is 12.0. The van der Waals surface area contributed by atoms with Crippen LogP contribution in [0.3, 0.4) is 0 Å². The number of rotatable bonds is 9. The summed E-state index contributed by atoms with van der Waals surface area (Å²) in [7, 11) is 0. The second-order valence-electron chi connectivity index (χ2n) is 6.84. The fourth-order valence-electron chi connectivity index (χ4n) is 2.75. The molecule has 2 amide bonds. The number of nitrogens with zero attached hydrogens (tertiary/aromatic N) is 1. The fraction of sp³-hybridized carbons (Fsp3) is 0.364. The molecule has 0 fully saturated rings. The molecule has 29 heavy (non-hydrogen) atoms. The average Bonchev–Trinajstić information content (AvgIpc) is 2.70. The molecule has 2 rings (SSSR count). The predicted molar refractivity (Wildman–Crippen MR) is 116 cm³/mol. The van der Waals surface area contributed by atoms with Crippen LogP contribution in [0.15, 0.2) is 42.5 Å². The standard InChI is InChI=1S/C22H26Cl2N2O3/c1-4-10-25-22(28)16(3)26(13-17-8-9-19(23)20(24)12-17)21(27)14-29-18-7-5-6-15(2)11-18/h5-9,11-12,16H,4,10,13-14H2,1-3H3,(H,25,28). The van der Waals surface area contributed by atoms with E-state index in [2.05, 4.69) is 5.32 Å². The first-order chi connectivity index (χ1) is 13.8. The molecule has 2 aromatic carbocycles.